The molecule has 2 amide bonds. The monoisotopic (exact) mass is 566 g/mol. The molecule has 41 heavy (non-hydrogen) atoms. The molecule has 2 fully saturated rings. The molecule has 1 N–H and O–H groups in total. The Morgan fingerprint density at radius 2 is 1.80 bits per heavy atom. The van der Waals surface area contributed by atoms with Gasteiger partial charge < -0.3 is 29.1 Å². The van der Waals surface area contributed by atoms with Crippen LogP contribution in [0.25, 0.3) is 0 Å². The van der Waals surface area contributed by atoms with Crippen LogP contribution in [0.1, 0.15) is 52.9 Å². The summed E-state index contributed by atoms with van der Waals surface area (Å²) in [4.78, 5) is 46.3. The van der Waals surface area contributed by atoms with Gasteiger partial charge in [-0.05, 0) is 55.9 Å². The predicted molar refractivity (Wildman–Crippen MR) is 153 cm³/mol. The molecule has 4 aliphatic heterocycles. The number of allylic oxidation sites excluding steroid dienone is 1. The van der Waals surface area contributed by atoms with E-state index < -0.39 is 41.1 Å². The quantitative estimate of drug-likeness (QED) is 0.397. The number of aliphatic hydroxyl groups is 1. The number of aliphatic hydroxyl groups excluding tert-OH is 1. The van der Waals surface area contributed by atoms with Crippen LogP contribution in [-0.4, -0.2) is 77.9 Å². The molecule has 9 nitrogen and oxygen atoms in total. The van der Waals surface area contributed by atoms with E-state index >= 15 is 0 Å². The first-order chi connectivity index (χ1) is 19.8. The van der Waals surface area contributed by atoms with Crippen molar-refractivity contribution in [2.24, 2.45) is 17.8 Å². The van der Waals surface area contributed by atoms with E-state index in [9.17, 15) is 19.5 Å². The summed E-state index contributed by atoms with van der Waals surface area (Å²) >= 11 is 0. The zero-order valence-corrected chi connectivity index (χ0v) is 24.5. The van der Waals surface area contributed by atoms with Crippen molar-refractivity contribution in [2.75, 3.05) is 31.8 Å². The molecule has 0 radical (unpaired) electrons. The van der Waals surface area contributed by atoms with E-state index in [0.717, 1.165) is 19.3 Å². The van der Waals surface area contributed by atoms with Gasteiger partial charge in [-0.1, -0.05) is 51.5 Å². The van der Waals surface area contributed by atoms with E-state index in [-0.39, 0.29) is 37.5 Å². The SMILES string of the molecule is CC[C@H](C)[C@H](CO)N1C(=O)[C@@H]2[C@@H]3C(=O)OCCCC/C=C\[C@]3(CC)O[C@@]23C=CCN(c2ccc(OC)cc2)C(=O)C13. The molecule has 9 heteroatoms. The molecule has 1 unspecified atom stereocenters. The van der Waals surface area contributed by atoms with E-state index in [1.165, 1.54) is 4.90 Å². The Balaban J connectivity index is 1.69. The molecule has 1 spiro atoms. The first kappa shape index (κ1) is 29.3. The summed E-state index contributed by atoms with van der Waals surface area (Å²) in [6.45, 7) is 6.12. The highest BCUT2D eigenvalue weighted by Crippen LogP contribution is 2.59. The van der Waals surface area contributed by atoms with Crippen LogP contribution < -0.4 is 9.64 Å². The van der Waals surface area contributed by atoms with Crippen LogP contribution in [0, 0.1) is 17.8 Å². The van der Waals surface area contributed by atoms with E-state index in [4.69, 9.17) is 14.2 Å². The maximum atomic E-state index is 14.7. The Morgan fingerprint density at radius 1 is 1.05 bits per heavy atom. The average Bonchev–Trinajstić information content (AvgIpc) is 3.34. The number of methoxy groups -OCH3 is 1. The van der Waals surface area contributed by atoms with Gasteiger partial charge in [0.1, 0.15) is 28.9 Å². The number of amides is 2. The summed E-state index contributed by atoms with van der Waals surface area (Å²) in [6, 6.07) is 5.49. The Kier molecular flexibility index (Phi) is 8.30. The lowest BCUT2D eigenvalue weighted by Crippen LogP contribution is -2.60. The van der Waals surface area contributed by atoms with Crippen LogP contribution in [-0.2, 0) is 23.9 Å². The van der Waals surface area contributed by atoms with Crippen molar-refractivity contribution >= 4 is 23.5 Å². The lowest BCUT2D eigenvalue weighted by molar-refractivity contribution is -0.162. The fourth-order valence-electron chi connectivity index (χ4n) is 7.14. The number of rotatable bonds is 7. The number of hydrogen-bond donors (Lipinski definition) is 1. The molecule has 4 heterocycles. The molecule has 4 aliphatic rings. The largest absolute Gasteiger partial charge is 0.497 e. The van der Waals surface area contributed by atoms with Crippen LogP contribution in [0.15, 0.2) is 48.6 Å². The second-order valence-corrected chi connectivity index (χ2v) is 11.6. The molecule has 0 aromatic heterocycles. The lowest BCUT2D eigenvalue weighted by Gasteiger charge is -2.42. The predicted octanol–water partition coefficient (Wildman–Crippen LogP) is 3.65. The van der Waals surface area contributed by atoms with Gasteiger partial charge in [-0.25, -0.2) is 0 Å². The maximum Gasteiger partial charge on any atom is 0.313 e. The van der Waals surface area contributed by atoms with Crippen LogP contribution in [0.3, 0.4) is 0 Å². The van der Waals surface area contributed by atoms with Crippen molar-refractivity contribution in [3.63, 3.8) is 0 Å². The van der Waals surface area contributed by atoms with Gasteiger partial charge in [0.05, 0.1) is 32.3 Å². The first-order valence-electron chi connectivity index (χ1n) is 14.9. The number of ether oxygens (including phenoxy) is 3. The van der Waals surface area contributed by atoms with Gasteiger partial charge in [0.25, 0.3) is 5.91 Å². The van der Waals surface area contributed by atoms with Gasteiger partial charge in [0, 0.05) is 12.2 Å². The third-order valence-corrected chi connectivity index (χ3v) is 9.55. The molecule has 222 valence electrons. The second kappa shape index (κ2) is 11.6. The maximum absolute atomic E-state index is 14.7. The standard InChI is InChI=1S/C32H42N2O7/c1-5-21(3)24(20-35)34-27-29(37)33(22-12-14-23(39-4)15-13-22)18-11-17-32(27)25(28(34)36)26-30(38)40-19-10-8-7-9-16-31(26,6-2)41-32/h9,11-17,21,24-27,35H,5-8,10,18-20H2,1-4H3/b16-9-/t21-,24-,25-,26+,27?,31-,32-/m0/s1. The smallest absolute Gasteiger partial charge is 0.313 e. The second-order valence-electron chi connectivity index (χ2n) is 11.6. The number of anilines is 1. The molecule has 0 aliphatic carbocycles. The summed E-state index contributed by atoms with van der Waals surface area (Å²) in [7, 11) is 1.58. The number of hydrogen-bond acceptors (Lipinski definition) is 7. The highest BCUT2D eigenvalue weighted by Gasteiger charge is 2.76. The molecule has 7 atom stereocenters. The fourth-order valence-corrected chi connectivity index (χ4v) is 7.14. The number of cyclic esters (lactones) is 1. The normalized spacial score (nSPS) is 33.8. The molecular weight excluding hydrogens is 524 g/mol. The van der Waals surface area contributed by atoms with Crippen molar-refractivity contribution in [1.82, 2.24) is 4.90 Å². The minimum absolute atomic E-state index is 0.0962. The van der Waals surface area contributed by atoms with Crippen molar-refractivity contribution in [3.8, 4) is 5.75 Å². The zero-order valence-electron chi connectivity index (χ0n) is 24.5. The summed E-state index contributed by atoms with van der Waals surface area (Å²) < 4.78 is 18.1. The van der Waals surface area contributed by atoms with E-state index in [0.29, 0.717) is 24.3 Å². The van der Waals surface area contributed by atoms with Crippen molar-refractivity contribution in [2.45, 2.75) is 76.2 Å². The zero-order chi connectivity index (χ0) is 29.4. The number of nitrogens with zero attached hydrogens (tertiary/aromatic N) is 2. The summed E-state index contributed by atoms with van der Waals surface area (Å²) in [5.74, 6) is -2.48. The first-order valence-corrected chi connectivity index (χ1v) is 14.9. The third kappa shape index (κ3) is 4.67. The van der Waals surface area contributed by atoms with Crippen molar-refractivity contribution in [1.29, 1.82) is 0 Å². The number of likely N-dealkylation sites (tertiary alicyclic amines) is 1. The Hall–Kier alpha value is -3.17. The van der Waals surface area contributed by atoms with Crippen molar-refractivity contribution in [3.05, 3.63) is 48.6 Å². The molecule has 2 saturated heterocycles. The summed E-state index contributed by atoms with van der Waals surface area (Å²) in [6.07, 6.45) is 11.2. The Labute approximate surface area is 242 Å². The Bertz CT molecular complexity index is 1210. The molecule has 0 saturated carbocycles. The fraction of sp³-hybridized carbons (Fsp3) is 0.594. The van der Waals surface area contributed by atoms with E-state index in [1.54, 1.807) is 24.1 Å². The van der Waals surface area contributed by atoms with E-state index in [2.05, 4.69) is 0 Å². The molecule has 0 bridgehead atoms. The number of esters is 1. The topological polar surface area (TPSA) is 106 Å². The van der Waals surface area contributed by atoms with Gasteiger partial charge in [-0.15, -0.1) is 0 Å². The minimum atomic E-state index is -1.41. The summed E-state index contributed by atoms with van der Waals surface area (Å²) in [5, 5.41) is 10.6. The summed E-state index contributed by atoms with van der Waals surface area (Å²) in [5.41, 5.74) is -1.86. The van der Waals surface area contributed by atoms with Gasteiger partial charge in [-0.2, -0.15) is 0 Å². The Morgan fingerprint density at radius 3 is 2.46 bits per heavy atom. The van der Waals surface area contributed by atoms with Crippen molar-refractivity contribution < 1.29 is 33.7 Å². The highest BCUT2D eigenvalue weighted by atomic mass is 16.6. The lowest BCUT2D eigenvalue weighted by atomic mass is 9.73. The number of fused-ring (bicyclic) bond motifs is 2. The van der Waals surface area contributed by atoms with Gasteiger partial charge >= 0.3 is 5.97 Å². The molecule has 1 aromatic carbocycles. The number of carbonyl (C=O) groups excluding carboxylic acids is 3. The van der Waals surface area contributed by atoms with Gasteiger partial charge in [-0.3, -0.25) is 14.4 Å². The van der Waals surface area contributed by atoms with Gasteiger partial charge in [0.15, 0.2) is 0 Å². The van der Waals surface area contributed by atoms with Crippen LogP contribution >= 0.6 is 0 Å². The average molecular weight is 567 g/mol. The van der Waals surface area contributed by atoms with Crippen LogP contribution in [0.4, 0.5) is 5.69 Å². The molecular formula is C32H42N2O7. The van der Waals surface area contributed by atoms with Gasteiger partial charge in [0.2, 0.25) is 5.91 Å². The molecule has 5 rings (SSSR count). The number of benzene rings is 1. The molecule has 1 aromatic rings. The highest BCUT2D eigenvalue weighted by molar-refractivity contribution is 6.05. The van der Waals surface area contributed by atoms with Crippen LogP contribution in [0.2, 0.25) is 0 Å². The third-order valence-electron chi connectivity index (χ3n) is 9.55. The number of carbonyl (C=O) groups is 3. The van der Waals surface area contributed by atoms with E-state index in [1.807, 2.05) is 57.2 Å². The minimum Gasteiger partial charge on any atom is -0.497 e. The van der Waals surface area contributed by atoms with Crippen LogP contribution in [0.5, 0.6) is 5.75 Å².